The number of fused-ring (bicyclic) bond motifs is 1. The van der Waals surface area contributed by atoms with Crippen molar-refractivity contribution >= 4 is 5.65 Å². The zero-order chi connectivity index (χ0) is 12.9. The molecule has 0 aromatic carbocycles. The third-order valence-electron chi connectivity index (χ3n) is 2.70. The summed E-state index contributed by atoms with van der Waals surface area (Å²) >= 11 is 0. The minimum atomic E-state index is 0.772. The van der Waals surface area contributed by atoms with Crippen LogP contribution in [0.1, 0.15) is 17.8 Å². The van der Waals surface area contributed by atoms with E-state index in [-0.39, 0.29) is 0 Å². The quantitative estimate of drug-likeness (QED) is 0.652. The Balaban J connectivity index is 1.65. The van der Waals surface area contributed by atoms with Gasteiger partial charge in [-0.3, -0.25) is 0 Å². The van der Waals surface area contributed by atoms with Crippen molar-refractivity contribution in [1.29, 1.82) is 0 Å². The van der Waals surface area contributed by atoms with E-state index in [4.69, 9.17) is 0 Å². The van der Waals surface area contributed by atoms with Crippen molar-refractivity contribution in [3.63, 3.8) is 0 Å². The van der Waals surface area contributed by atoms with Crippen molar-refractivity contribution in [3.8, 4) is 11.8 Å². The van der Waals surface area contributed by atoms with Gasteiger partial charge >= 0.3 is 0 Å². The lowest BCUT2D eigenvalue weighted by Crippen LogP contribution is -1.94. The smallest absolute Gasteiger partial charge is 0.155 e. The van der Waals surface area contributed by atoms with Crippen molar-refractivity contribution in [1.82, 2.24) is 19.6 Å². The zero-order valence-corrected chi connectivity index (χ0v) is 10.3. The molecule has 3 rings (SSSR count). The highest BCUT2D eigenvalue weighted by molar-refractivity contribution is 5.36. The number of aryl methyl sites for hydroxylation is 1. The maximum absolute atomic E-state index is 4.50. The number of nitrogens with zero attached hydrogens (tertiary/aromatic N) is 4. The van der Waals surface area contributed by atoms with Crippen molar-refractivity contribution in [2.75, 3.05) is 0 Å². The molecule has 0 saturated heterocycles. The van der Waals surface area contributed by atoms with E-state index in [1.165, 1.54) is 0 Å². The van der Waals surface area contributed by atoms with Gasteiger partial charge in [-0.15, -0.1) is 0 Å². The molecule has 0 aliphatic carbocycles. The highest BCUT2D eigenvalue weighted by Gasteiger charge is 1.97. The van der Waals surface area contributed by atoms with Gasteiger partial charge in [-0.25, -0.2) is 14.5 Å². The van der Waals surface area contributed by atoms with Gasteiger partial charge in [0, 0.05) is 37.0 Å². The predicted molar refractivity (Wildman–Crippen MR) is 72.4 cm³/mol. The molecule has 0 aliphatic rings. The van der Waals surface area contributed by atoms with E-state index < -0.39 is 0 Å². The fourth-order valence-corrected chi connectivity index (χ4v) is 1.77. The Kier molecular flexibility index (Phi) is 3.20. The van der Waals surface area contributed by atoms with Crippen LogP contribution in [-0.4, -0.2) is 19.6 Å². The second-order valence-electron chi connectivity index (χ2n) is 4.07. The van der Waals surface area contributed by atoms with E-state index >= 15 is 0 Å². The summed E-state index contributed by atoms with van der Waals surface area (Å²) in [4.78, 5) is 8.65. The monoisotopic (exact) mass is 248 g/mol. The van der Waals surface area contributed by atoms with Crippen molar-refractivity contribution in [2.45, 2.75) is 12.8 Å². The molecule has 92 valence electrons. The van der Waals surface area contributed by atoms with Crippen LogP contribution in [0.5, 0.6) is 0 Å². The van der Waals surface area contributed by atoms with Crippen LogP contribution < -0.4 is 0 Å². The van der Waals surface area contributed by atoms with Crippen LogP contribution in [0.15, 0.2) is 48.9 Å². The van der Waals surface area contributed by atoms with E-state index in [0.29, 0.717) is 0 Å². The standard InChI is InChI=1S/C15H12N4/c1(5-13-6-3-4-10-16-13)2-7-14-9-12-19-15(18-14)8-11-17-19/h3-4,6,8-12H,2,7H2. The molecule has 0 unspecified atom stereocenters. The second kappa shape index (κ2) is 5.32. The molecule has 0 spiro atoms. The van der Waals surface area contributed by atoms with Gasteiger partial charge in [0.1, 0.15) is 5.69 Å². The third kappa shape index (κ3) is 2.78. The minimum absolute atomic E-state index is 0.772. The molecule has 4 nitrogen and oxygen atoms in total. The molecule has 3 heterocycles. The lowest BCUT2D eigenvalue weighted by molar-refractivity contribution is 0.895. The van der Waals surface area contributed by atoms with Gasteiger partial charge < -0.3 is 0 Å². The van der Waals surface area contributed by atoms with Crippen LogP contribution in [0.4, 0.5) is 0 Å². The summed E-state index contributed by atoms with van der Waals surface area (Å²) in [5, 5.41) is 4.11. The average molecular weight is 248 g/mol. The molecule has 3 aromatic heterocycles. The maximum Gasteiger partial charge on any atom is 0.155 e. The predicted octanol–water partition coefficient (Wildman–Crippen LogP) is 2.11. The normalized spacial score (nSPS) is 10.1. The lowest BCUT2D eigenvalue weighted by atomic mass is 10.2. The summed E-state index contributed by atoms with van der Waals surface area (Å²) in [5.74, 6) is 6.16. The Bertz CT molecular complexity index is 735. The average Bonchev–Trinajstić information content (AvgIpc) is 2.92. The minimum Gasteiger partial charge on any atom is -0.248 e. The van der Waals surface area contributed by atoms with Gasteiger partial charge in [-0.1, -0.05) is 12.0 Å². The number of aromatic nitrogens is 4. The fraction of sp³-hybridized carbons (Fsp3) is 0.133. The zero-order valence-electron chi connectivity index (χ0n) is 10.3. The maximum atomic E-state index is 4.50. The van der Waals surface area contributed by atoms with Crippen LogP contribution in [-0.2, 0) is 6.42 Å². The molecule has 0 atom stereocenters. The summed E-state index contributed by atoms with van der Waals surface area (Å²) in [7, 11) is 0. The van der Waals surface area contributed by atoms with Gasteiger partial charge in [-0.2, -0.15) is 5.10 Å². The Morgan fingerprint density at radius 2 is 2.11 bits per heavy atom. The first kappa shape index (κ1) is 11.4. The topological polar surface area (TPSA) is 43.1 Å². The summed E-state index contributed by atoms with van der Waals surface area (Å²) in [6.07, 6.45) is 7.02. The fourth-order valence-electron chi connectivity index (χ4n) is 1.77. The largest absolute Gasteiger partial charge is 0.248 e. The molecule has 0 fully saturated rings. The number of pyridine rings is 1. The number of hydrogen-bond acceptors (Lipinski definition) is 3. The first-order chi connectivity index (χ1) is 9.42. The molecule has 0 bridgehead atoms. The molecule has 4 heteroatoms. The summed E-state index contributed by atoms with van der Waals surface area (Å²) in [6, 6.07) is 9.59. The van der Waals surface area contributed by atoms with E-state index in [1.807, 2.05) is 36.5 Å². The van der Waals surface area contributed by atoms with Gasteiger partial charge in [0.05, 0.1) is 6.20 Å². The Hall–Kier alpha value is -2.67. The summed E-state index contributed by atoms with van der Waals surface area (Å²) < 4.78 is 1.75. The molecule has 0 aliphatic heterocycles. The number of hydrogen-bond donors (Lipinski definition) is 0. The Labute approximate surface area is 111 Å². The molecule has 3 aromatic rings. The number of rotatable bonds is 2. The molecular weight excluding hydrogens is 236 g/mol. The first-order valence-corrected chi connectivity index (χ1v) is 6.11. The van der Waals surface area contributed by atoms with Crippen LogP contribution in [0, 0.1) is 11.8 Å². The Morgan fingerprint density at radius 3 is 3.00 bits per heavy atom. The van der Waals surface area contributed by atoms with E-state index in [9.17, 15) is 0 Å². The SMILES string of the molecule is C(#Cc1ccccn1)CCc1ccn2nccc2n1. The third-order valence-corrected chi connectivity index (χ3v) is 2.70. The van der Waals surface area contributed by atoms with Crippen molar-refractivity contribution in [3.05, 3.63) is 60.3 Å². The van der Waals surface area contributed by atoms with Crippen molar-refractivity contribution in [2.24, 2.45) is 0 Å². The van der Waals surface area contributed by atoms with Gasteiger partial charge in [0.2, 0.25) is 0 Å². The van der Waals surface area contributed by atoms with Gasteiger partial charge in [0.15, 0.2) is 5.65 Å². The molecule has 0 radical (unpaired) electrons. The van der Waals surface area contributed by atoms with Crippen LogP contribution in [0.25, 0.3) is 5.65 Å². The van der Waals surface area contributed by atoms with Crippen molar-refractivity contribution < 1.29 is 0 Å². The van der Waals surface area contributed by atoms with Crippen LogP contribution in [0.3, 0.4) is 0 Å². The van der Waals surface area contributed by atoms with E-state index in [2.05, 4.69) is 26.9 Å². The van der Waals surface area contributed by atoms with Crippen LogP contribution >= 0.6 is 0 Å². The molecule has 0 N–H and O–H groups in total. The van der Waals surface area contributed by atoms with Gasteiger partial charge in [0.25, 0.3) is 0 Å². The lowest BCUT2D eigenvalue weighted by Gasteiger charge is -1.97. The molecular formula is C15H12N4. The highest BCUT2D eigenvalue weighted by atomic mass is 15.2. The summed E-state index contributed by atoms with van der Waals surface area (Å²) in [5.41, 5.74) is 2.71. The van der Waals surface area contributed by atoms with Gasteiger partial charge in [-0.05, 0) is 24.1 Å². The Morgan fingerprint density at radius 1 is 1.11 bits per heavy atom. The van der Waals surface area contributed by atoms with E-state index in [0.717, 1.165) is 29.9 Å². The highest BCUT2D eigenvalue weighted by Crippen LogP contribution is 2.03. The van der Waals surface area contributed by atoms with Crippen LogP contribution in [0.2, 0.25) is 0 Å². The first-order valence-electron chi connectivity index (χ1n) is 6.11. The van der Waals surface area contributed by atoms with E-state index in [1.54, 1.807) is 16.9 Å². The molecule has 19 heavy (non-hydrogen) atoms. The molecule has 0 saturated carbocycles. The summed E-state index contributed by atoms with van der Waals surface area (Å²) in [6.45, 7) is 0. The second-order valence-corrected chi connectivity index (χ2v) is 4.07. The molecule has 0 amide bonds.